The number of hydrogen-bond acceptors (Lipinski definition) is 6. The van der Waals surface area contributed by atoms with Gasteiger partial charge >= 0.3 is 0 Å². The van der Waals surface area contributed by atoms with Crippen molar-refractivity contribution < 1.29 is 5.11 Å². The van der Waals surface area contributed by atoms with Crippen molar-refractivity contribution in [3.8, 4) is 6.07 Å². The van der Waals surface area contributed by atoms with Crippen LogP contribution in [0.25, 0.3) is 0 Å². The van der Waals surface area contributed by atoms with Crippen molar-refractivity contribution in [2.75, 3.05) is 18.0 Å². The van der Waals surface area contributed by atoms with E-state index >= 15 is 0 Å². The third kappa shape index (κ3) is 3.11. The van der Waals surface area contributed by atoms with E-state index < -0.39 is 5.60 Å². The number of nitrogens with zero attached hydrogens (tertiary/aromatic N) is 4. The van der Waals surface area contributed by atoms with Crippen molar-refractivity contribution in [3.63, 3.8) is 0 Å². The predicted molar refractivity (Wildman–Crippen MR) is 85.9 cm³/mol. The van der Waals surface area contributed by atoms with Gasteiger partial charge in [0, 0.05) is 19.5 Å². The molecule has 0 unspecified atom stereocenters. The van der Waals surface area contributed by atoms with Crippen LogP contribution in [0.1, 0.15) is 29.0 Å². The first kappa shape index (κ1) is 14.9. The van der Waals surface area contributed by atoms with E-state index in [1.54, 1.807) is 0 Å². The highest BCUT2D eigenvalue weighted by molar-refractivity contribution is 7.15. The Labute approximate surface area is 133 Å². The van der Waals surface area contributed by atoms with Crippen LogP contribution >= 0.6 is 11.3 Å². The molecule has 5 nitrogen and oxygen atoms in total. The lowest BCUT2D eigenvalue weighted by molar-refractivity contribution is 0.0164. The molecule has 1 aromatic carbocycles. The molecule has 1 N–H and O–H groups in total. The Morgan fingerprint density at radius 1 is 1.32 bits per heavy atom. The van der Waals surface area contributed by atoms with Crippen LogP contribution < -0.4 is 4.90 Å². The molecule has 1 saturated heterocycles. The number of hydrogen-bond donors (Lipinski definition) is 1. The minimum atomic E-state index is -0.661. The molecule has 0 radical (unpaired) electrons. The zero-order valence-electron chi connectivity index (χ0n) is 12.5. The molecule has 0 atom stereocenters. The smallest absolute Gasteiger partial charge is 0.219 e. The molecule has 22 heavy (non-hydrogen) atoms. The highest BCUT2D eigenvalue weighted by Crippen LogP contribution is 2.31. The quantitative estimate of drug-likeness (QED) is 0.941. The van der Waals surface area contributed by atoms with E-state index in [2.05, 4.69) is 34.2 Å². The normalized spacial score (nSPS) is 17.2. The highest BCUT2D eigenvalue weighted by Gasteiger charge is 2.33. The maximum Gasteiger partial charge on any atom is 0.219 e. The van der Waals surface area contributed by atoms with Crippen LogP contribution in [0.5, 0.6) is 0 Å². The Bertz CT molecular complexity index is 698. The Morgan fingerprint density at radius 3 is 2.68 bits per heavy atom. The third-order valence-corrected chi connectivity index (χ3v) is 5.14. The lowest BCUT2D eigenvalue weighted by Gasteiger charge is -2.38. The number of benzene rings is 1. The molecule has 0 saturated carbocycles. The largest absolute Gasteiger partial charge is 0.389 e. The van der Waals surface area contributed by atoms with Crippen molar-refractivity contribution in [1.29, 1.82) is 5.26 Å². The first-order valence-corrected chi connectivity index (χ1v) is 8.17. The van der Waals surface area contributed by atoms with Gasteiger partial charge in [0.25, 0.3) is 0 Å². The summed E-state index contributed by atoms with van der Waals surface area (Å²) in [5.74, 6) is 0. The van der Waals surface area contributed by atoms with Crippen LogP contribution in [-0.4, -0.2) is 34.0 Å². The molecule has 0 aliphatic carbocycles. The second-order valence-electron chi connectivity index (χ2n) is 5.82. The minimum Gasteiger partial charge on any atom is -0.389 e. The van der Waals surface area contributed by atoms with E-state index in [1.165, 1.54) is 22.5 Å². The molecule has 1 aliphatic heterocycles. The zero-order valence-corrected chi connectivity index (χ0v) is 13.3. The van der Waals surface area contributed by atoms with Gasteiger partial charge in [-0.1, -0.05) is 35.6 Å². The average molecular weight is 314 g/mol. The van der Waals surface area contributed by atoms with Gasteiger partial charge in [-0.3, -0.25) is 0 Å². The molecule has 6 heteroatoms. The molecular formula is C16H18N4OS. The Balaban J connectivity index is 1.65. The fourth-order valence-electron chi connectivity index (χ4n) is 2.84. The zero-order chi connectivity index (χ0) is 15.6. The van der Waals surface area contributed by atoms with Gasteiger partial charge in [0.1, 0.15) is 6.07 Å². The van der Waals surface area contributed by atoms with Crippen molar-refractivity contribution in [1.82, 2.24) is 10.2 Å². The number of aliphatic hydroxyl groups is 1. The van der Waals surface area contributed by atoms with Gasteiger partial charge in [-0.2, -0.15) is 5.26 Å². The number of rotatable bonds is 3. The topological polar surface area (TPSA) is 73.0 Å². The van der Waals surface area contributed by atoms with Crippen molar-refractivity contribution in [2.24, 2.45) is 0 Å². The molecule has 1 aromatic heterocycles. The van der Waals surface area contributed by atoms with Crippen LogP contribution in [-0.2, 0) is 6.42 Å². The average Bonchev–Trinajstić information content (AvgIpc) is 2.99. The summed E-state index contributed by atoms with van der Waals surface area (Å²) in [6, 6.07) is 10.2. The minimum absolute atomic E-state index is 0.385. The Morgan fingerprint density at radius 2 is 2.05 bits per heavy atom. The molecule has 1 fully saturated rings. The summed E-state index contributed by atoms with van der Waals surface area (Å²) < 4.78 is 0. The third-order valence-electron chi connectivity index (χ3n) is 4.26. The first-order valence-electron chi connectivity index (χ1n) is 7.35. The highest BCUT2D eigenvalue weighted by atomic mass is 32.1. The van der Waals surface area contributed by atoms with Crippen LogP contribution in [0, 0.1) is 18.3 Å². The molecule has 0 amide bonds. The molecule has 1 aliphatic rings. The second-order valence-corrected chi connectivity index (χ2v) is 6.77. The monoisotopic (exact) mass is 314 g/mol. The fraction of sp³-hybridized carbons (Fsp3) is 0.438. The van der Waals surface area contributed by atoms with Crippen molar-refractivity contribution in [2.45, 2.75) is 31.8 Å². The Kier molecular flexibility index (Phi) is 4.10. The SMILES string of the molecule is Cc1ccccc1CC1(O)CCN(c2nnc(C#N)s2)CC1. The maximum atomic E-state index is 10.9. The van der Waals surface area contributed by atoms with Crippen LogP contribution in [0.2, 0.25) is 0 Å². The van der Waals surface area contributed by atoms with Crippen LogP contribution in [0.4, 0.5) is 5.13 Å². The lowest BCUT2D eigenvalue weighted by atomic mass is 9.84. The number of aromatic nitrogens is 2. The van der Waals surface area contributed by atoms with Gasteiger partial charge in [0.2, 0.25) is 10.1 Å². The molecule has 3 rings (SSSR count). The van der Waals surface area contributed by atoms with Gasteiger partial charge in [-0.05, 0) is 30.9 Å². The molecule has 2 heterocycles. The van der Waals surface area contributed by atoms with Crippen LogP contribution in [0.15, 0.2) is 24.3 Å². The standard InChI is InChI=1S/C16H18N4OS/c1-12-4-2-3-5-13(12)10-16(21)6-8-20(9-7-16)15-19-18-14(11-17)22-15/h2-5,21H,6-10H2,1H3. The fourth-order valence-corrected chi connectivity index (χ4v) is 3.54. The summed E-state index contributed by atoms with van der Waals surface area (Å²) >= 11 is 1.31. The van der Waals surface area contributed by atoms with E-state index in [1.807, 2.05) is 18.2 Å². The second kappa shape index (κ2) is 6.03. The summed E-state index contributed by atoms with van der Waals surface area (Å²) in [7, 11) is 0. The lowest BCUT2D eigenvalue weighted by Crippen LogP contribution is -2.45. The molecule has 2 aromatic rings. The van der Waals surface area contributed by atoms with Crippen molar-refractivity contribution in [3.05, 3.63) is 40.4 Å². The van der Waals surface area contributed by atoms with Crippen LogP contribution in [0.3, 0.4) is 0 Å². The summed E-state index contributed by atoms with van der Waals surface area (Å²) in [5.41, 5.74) is 1.77. The first-order chi connectivity index (χ1) is 10.6. The van der Waals surface area contributed by atoms with Gasteiger partial charge in [0.05, 0.1) is 5.60 Å². The van der Waals surface area contributed by atoms with E-state index in [4.69, 9.17) is 5.26 Å². The van der Waals surface area contributed by atoms with E-state index in [-0.39, 0.29) is 0 Å². The summed E-state index contributed by atoms with van der Waals surface area (Å²) in [6.45, 7) is 3.56. The molecule has 114 valence electrons. The van der Waals surface area contributed by atoms with Gasteiger partial charge in [0.15, 0.2) is 0 Å². The summed E-state index contributed by atoms with van der Waals surface area (Å²) in [5, 5.41) is 28.7. The number of anilines is 1. The number of aryl methyl sites for hydroxylation is 1. The summed E-state index contributed by atoms with van der Waals surface area (Å²) in [6.07, 6.45) is 2.08. The van der Waals surface area contributed by atoms with Gasteiger partial charge in [-0.25, -0.2) is 0 Å². The van der Waals surface area contributed by atoms with E-state index in [0.29, 0.717) is 24.3 Å². The van der Waals surface area contributed by atoms with Gasteiger partial charge in [-0.15, -0.1) is 10.2 Å². The van der Waals surface area contributed by atoms with E-state index in [0.717, 1.165) is 18.2 Å². The number of nitriles is 1. The van der Waals surface area contributed by atoms with Crippen molar-refractivity contribution >= 4 is 16.5 Å². The molecule has 0 bridgehead atoms. The molecule has 0 spiro atoms. The molecular weight excluding hydrogens is 296 g/mol. The predicted octanol–water partition coefficient (Wildman–Crippen LogP) is 2.29. The Hall–Kier alpha value is -1.97. The van der Waals surface area contributed by atoms with E-state index in [9.17, 15) is 5.11 Å². The number of piperidine rings is 1. The van der Waals surface area contributed by atoms with Gasteiger partial charge < -0.3 is 10.0 Å². The summed E-state index contributed by atoms with van der Waals surface area (Å²) in [4.78, 5) is 2.10. The maximum absolute atomic E-state index is 10.9.